The summed E-state index contributed by atoms with van der Waals surface area (Å²) >= 11 is 0. The molecular formula is C105H66N24O12Pt6-6. The SMILES string of the molecule is Cn1[c-]nc(-c2coc3cc4coc(-n5[c-][n+](C)cc5)c4[c-]c23)c1.Cn1[c-]nc(-c2coc3cc4coc(-n5[c-][n+](C)cc5)c4[c-]c23)c1.Cn1[c-]nc(-c2coc3cc4coc(-n5[c-][n+](C)cc5)c4[c-]c23)c1.Cn1cnc(-c2coc3cc4coc(-n5[c-]ncc5)c4[c-]c23)c1.Cn1cnc(-c2coc3cc4coc(-n5[c-]ncc5)c4[c-]c23)c1.Cn1cnc(-c2coc3cc4coc(-n5[c-]ncc5)c4[c-]c23)c1.[Pt+2].[Pt+2].[Pt+2].[Pt].[Pt].[Pt]. The van der Waals surface area contributed by atoms with Crippen LogP contribution in [0.5, 0.6) is 0 Å². The van der Waals surface area contributed by atoms with E-state index >= 15 is 0 Å². The molecule has 0 aliphatic heterocycles. The molecule has 42 heteroatoms. The van der Waals surface area contributed by atoms with E-state index in [0.29, 0.717) is 35.3 Å². The summed E-state index contributed by atoms with van der Waals surface area (Å²) in [5, 5.41) is 15.9. The van der Waals surface area contributed by atoms with Crippen LogP contribution in [0, 0.1) is 93.3 Å². The summed E-state index contributed by atoms with van der Waals surface area (Å²) in [5.74, 6) is 3.92. The second kappa shape index (κ2) is 41.2. The number of rotatable bonds is 12. The van der Waals surface area contributed by atoms with Crippen LogP contribution in [0.15, 0.2) is 295 Å². The Morgan fingerprint density at radius 2 is 0.463 bits per heavy atom. The number of aryl methyl sites for hydroxylation is 9. The van der Waals surface area contributed by atoms with Gasteiger partial charge in [-0.05, 0) is 86.3 Å². The molecule has 36 nitrogen and oxygen atoms in total. The molecular weight excluding hydrogens is 2960 g/mol. The molecule has 0 unspecified atom stereocenters. The Bertz CT molecular complexity index is 8720. The van der Waals surface area contributed by atoms with Gasteiger partial charge in [-0.1, -0.05) is 156 Å². The van der Waals surface area contributed by atoms with E-state index < -0.39 is 0 Å². The van der Waals surface area contributed by atoms with Crippen LogP contribution in [0.4, 0.5) is 0 Å². The minimum atomic E-state index is 0. The zero-order valence-corrected chi connectivity index (χ0v) is 91.2. The largest absolute Gasteiger partial charge is 2.00 e. The molecule has 0 N–H and O–H groups in total. The van der Waals surface area contributed by atoms with E-state index in [1.54, 1.807) is 172 Å². The number of hydrogen-bond acceptors (Lipinski definition) is 21. The Balaban J connectivity index is 0.000000110. The molecule has 0 aliphatic carbocycles. The maximum Gasteiger partial charge on any atom is 2.00 e. The van der Waals surface area contributed by atoms with Gasteiger partial charge in [0.2, 0.25) is 36.6 Å². The van der Waals surface area contributed by atoms with Crippen molar-refractivity contribution in [2.75, 3.05) is 0 Å². The van der Waals surface area contributed by atoms with Gasteiger partial charge in [0.25, 0.3) is 0 Å². The normalized spacial score (nSPS) is 11.2. The summed E-state index contributed by atoms with van der Waals surface area (Å²) in [6.45, 7) is 0. The van der Waals surface area contributed by atoms with Crippen molar-refractivity contribution < 1.29 is 193 Å². The van der Waals surface area contributed by atoms with Crippen molar-refractivity contribution in [1.29, 1.82) is 0 Å². The van der Waals surface area contributed by atoms with Crippen LogP contribution < -0.4 is 13.7 Å². The Labute approximate surface area is 916 Å². The zero-order chi connectivity index (χ0) is 94.9. The summed E-state index contributed by atoms with van der Waals surface area (Å²) in [6, 6.07) is 32.1. The molecule has 0 saturated heterocycles. The van der Waals surface area contributed by atoms with Crippen molar-refractivity contribution in [3.8, 4) is 103 Å². The summed E-state index contributed by atoms with van der Waals surface area (Å²) in [5.41, 5.74) is 14.8. The second-order valence-corrected chi connectivity index (χ2v) is 33.3. The van der Waals surface area contributed by atoms with Crippen LogP contribution in [0.25, 0.3) is 233 Å². The molecule has 0 bridgehead atoms. The van der Waals surface area contributed by atoms with Crippen molar-refractivity contribution in [3.63, 3.8) is 0 Å². The first kappa shape index (κ1) is 100. The van der Waals surface area contributed by atoms with Gasteiger partial charge >= 0.3 is 63.2 Å². The van der Waals surface area contributed by atoms with E-state index in [-0.39, 0.29) is 126 Å². The van der Waals surface area contributed by atoms with Crippen molar-refractivity contribution in [3.05, 3.63) is 335 Å². The van der Waals surface area contributed by atoms with Gasteiger partial charge in [0.1, 0.15) is 17.7 Å². The number of nitrogens with zero attached hydrogens (tertiary/aromatic N) is 24. The predicted octanol–water partition coefficient (Wildman–Crippen LogP) is 17.9. The number of hydrogen-bond donors (Lipinski definition) is 0. The van der Waals surface area contributed by atoms with Crippen LogP contribution in [-0.2, 0) is 190 Å². The maximum absolute atomic E-state index is 5.72. The average Bonchev–Trinajstić information content (AvgIpc) is 1.63. The molecule has 0 aliphatic rings. The van der Waals surface area contributed by atoms with Crippen LogP contribution in [0.1, 0.15) is 0 Å². The average molecular weight is 3030 g/mol. The van der Waals surface area contributed by atoms with Gasteiger partial charge in [-0.3, -0.25) is 13.7 Å². The van der Waals surface area contributed by atoms with E-state index in [4.69, 9.17) is 53.0 Å². The van der Waals surface area contributed by atoms with Gasteiger partial charge in [0, 0.05) is 197 Å². The van der Waals surface area contributed by atoms with Crippen LogP contribution in [0.2, 0.25) is 0 Å². The molecule has 24 aromatic heterocycles. The molecule has 30 aromatic rings. The quantitative estimate of drug-likeness (QED) is 0.0810. The maximum atomic E-state index is 5.72. The van der Waals surface area contributed by atoms with Crippen LogP contribution in [-0.4, -0.2) is 99.7 Å². The minimum Gasteiger partial charge on any atom is -0.508 e. The Morgan fingerprint density at radius 3 is 0.639 bits per heavy atom. The smallest absolute Gasteiger partial charge is 0.508 e. The Hall–Kier alpha value is -15.6. The standard InChI is InChI=1S/3C18H12N4O2.3C17H10N4O2.6Pt/c3*1-20-3-4-22(11-20)18-13-6-14-15(16-7-21(2)10-19-16)9-23-17(14)5-12(13)8-24-18;3*1-20-6-15(19-10-20)14-8-22-16-4-11-7-23-17(12(11)5-13(14)16)21-3-2-18-9-21;;;;;;/h3*3-5,7-9H,1-2H3;3*2-4,6-8,10H,1H3;;;;;;/q6*-2;;;;3*+2. The topological polar surface area (TPSA) is 344 Å². The molecule has 0 fully saturated rings. The first-order chi connectivity index (χ1) is 68.9. The second-order valence-electron chi connectivity index (χ2n) is 33.3. The molecule has 24 heterocycles. The zero-order valence-electron chi connectivity index (χ0n) is 77.5. The predicted molar refractivity (Wildman–Crippen MR) is 505 cm³/mol. The fourth-order valence-electron chi connectivity index (χ4n) is 16.7. The fraction of sp³-hybridized carbons (Fsp3) is 0.0857. The molecule has 30 rings (SSSR count). The van der Waals surface area contributed by atoms with Crippen molar-refractivity contribution in [1.82, 2.24) is 99.7 Å². The monoisotopic (exact) mass is 3020 g/mol. The third-order valence-corrected chi connectivity index (χ3v) is 23.4. The van der Waals surface area contributed by atoms with E-state index in [1.165, 1.54) is 0 Å². The third kappa shape index (κ3) is 18.8. The van der Waals surface area contributed by atoms with Gasteiger partial charge in [-0.15, -0.1) is 55.0 Å². The summed E-state index contributed by atoms with van der Waals surface area (Å²) in [4.78, 5) is 37.8. The van der Waals surface area contributed by atoms with Gasteiger partial charge < -0.3 is 138 Å². The van der Waals surface area contributed by atoms with Gasteiger partial charge in [0.05, 0.1) is 147 Å². The number of fused-ring (bicyclic) bond motifs is 12. The molecule has 744 valence electrons. The Kier molecular flexibility index (Phi) is 28.0. The third-order valence-electron chi connectivity index (χ3n) is 23.4. The number of furan rings is 12. The van der Waals surface area contributed by atoms with Crippen molar-refractivity contribution in [2.24, 2.45) is 63.4 Å². The molecule has 147 heavy (non-hydrogen) atoms. The number of imidazole rings is 12. The van der Waals surface area contributed by atoms with E-state index in [2.05, 4.69) is 138 Å². The van der Waals surface area contributed by atoms with Gasteiger partial charge in [-0.25, -0.2) is 15.0 Å². The first-order valence-electron chi connectivity index (χ1n) is 43.4. The van der Waals surface area contributed by atoms with E-state index in [1.807, 2.05) is 202 Å². The first-order valence-corrected chi connectivity index (χ1v) is 43.4. The molecule has 0 saturated carbocycles. The molecule has 0 spiro atoms. The van der Waals surface area contributed by atoms with Crippen LogP contribution in [0.3, 0.4) is 0 Å². The van der Waals surface area contributed by atoms with Gasteiger partial charge in [-0.2, -0.15) is 0 Å². The summed E-state index contributed by atoms with van der Waals surface area (Å²) in [6.07, 6.45) is 85.4. The van der Waals surface area contributed by atoms with Crippen molar-refractivity contribution in [2.45, 2.75) is 0 Å². The summed E-state index contributed by atoms with van der Waals surface area (Å²) in [7, 11) is 17.2. The van der Waals surface area contributed by atoms with E-state index in [0.717, 1.165) is 198 Å². The van der Waals surface area contributed by atoms with Crippen molar-refractivity contribution >= 4 is 130 Å². The summed E-state index contributed by atoms with van der Waals surface area (Å²) < 4.78 is 95.2. The number of aromatic nitrogens is 24. The molecule has 0 atom stereocenters. The molecule has 0 amide bonds. The number of benzene rings is 6. The molecule has 0 radical (unpaired) electrons. The fourth-order valence-corrected chi connectivity index (χ4v) is 16.7. The van der Waals surface area contributed by atoms with Gasteiger partial charge in [0.15, 0.2) is 0 Å². The van der Waals surface area contributed by atoms with Crippen LogP contribution >= 0.6 is 0 Å². The Morgan fingerprint density at radius 1 is 0.245 bits per heavy atom. The van der Waals surface area contributed by atoms with E-state index in [9.17, 15) is 0 Å². The minimum absolute atomic E-state index is 0. The molecule has 6 aromatic carbocycles.